The molecule has 4 heteroatoms. The molecular formula is C10H15N3O. The molecule has 0 radical (unpaired) electrons. The second-order valence-corrected chi connectivity index (χ2v) is 4.37. The third-order valence-electron chi connectivity index (χ3n) is 3.54. The second-order valence-electron chi connectivity index (χ2n) is 4.37. The number of aromatic nitrogens is 2. The molecule has 2 N–H and O–H groups in total. The summed E-state index contributed by atoms with van der Waals surface area (Å²) in [6, 6.07) is 0. The zero-order chi connectivity index (χ0) is 9.54. The number of hydrogen-bond donors (Lipinski definition) is 1. The topological polar surface area (TPSA) is 64.9 Å². The standard InChI is InChI=1S/C10H15N3O/c11-5-4-8-12-10(14-13-8)9-6-2-1-3-7(6)9/h6-7,9H,1-5,11H2. The minimum absolute atomic E-state index is 0.586. The summed E-state index contributed by atoms with van der Waals surface area (Å²) in [7, 11) is 0. The van der Waals surface area contributed by atoms with Gasteiger partial charge in [0.25, 0.3) is 0 Å². The number of nitrogens with zero attached hydrogens (tertiary/aromatic N) is 2. The van der Waals surface area contributed by atoms with Gasteiger partial charge >= 0.3 is 0 Å². The highest BCUT2D eigenvalue weighted by Crippen LogP contribution is 2.62. The summed E-state index contributed by atoms with van der Waals surface area (Å²) in [6.45, 7) is 0.594. The molecule has 0 bridgehead atoms. The molecule has 3 rings (SSSR count). The van der Waals surface area contributed by atoms with Crippen LogP contribution in [0.15, 0.2) is 4.52 Å². The number of rotatable bonds is 3. The fraction of sp³-hybridized carbons (Fsp3) is 0.800. The fourth-order valence-corrected chi connectivity index (χ4v) is 2.82. The van der Waals surface area contributed by atoms with E-state index in [4.69, 9.17) is 10.3 Å². The highest BCUT2D eigenvalue weighted by molar-refractivity contribution is 5.15. The van der Waals surface area contributed by atoms with Crippen molar-refractivity contribution in [1.82, 2.24) is 10.1 Å². The molecule has 2 atom stereocenters. The van der Waals surface area contributed by atoms with Crippen LogP contribution < -0.4 is 5.73 Å². The Morgan fingerprint density at radius 2 is 2.14 bits per heavy atom. The molecule has 1 heterocycles. The van der Waals surface area contributed by atoms with Crippen LogP contribution in [-0.2, 0) is 6.42 Å². The minimum atomic E-state index is 0.586. The Morgan fingerprint density at radius 3 is 2.86 bits per heavy atom. The molecule has 0 saturated heterocycles. The van der Waals surface area contributed by atoms with Gasteiger partial charge in [-0.2, -0.15) is 4.98 Å². The maximum atomic E-state index is 5.43. The Hall–Kier alpha value is -0.900. The van der Waals surface area contributed by atoms with E-state index in [0.29, 0.717) is 12.5 Å². The quantitative estimate of drug-likeness (QED) is 0.780. The van der Waals surface area contributed by atoms with Gasteiger partial charge in [0.1, 0.15) is 0 Å². The lowest BCUT2D eigenvalue weighted by Gasteiger charge is -1.94. The van der Waals surface area contributed by atoms with E-state index < -0.39 is 0 Å². The van der Waals surface area contributed by atoms with Gasteiger partial charge in [-0.3, -0.25) is 0 Å². The molecule has 0 amide bonds. The van der Waals surface area contributed by atoms with Crippen molar-refractivity contribution in [2.24, 2.45) is 17.6 Å². The summed E-state index contributed by atoms with van der Waals surface area (Å²) >= 11 is 0. The normalized spacial score (nSPS) is 34.5. The molecule has 76 valence electrons. The maximum Gasteiger partial charge on any atom is 0.230 e. The van der Waals surface area contributed by atoms with Crippen LogP contribution in [0, 0.1) is 11.8 Å². The molecule has 1 aromatic heterocycles. The Bertz CT molecular complexity index is 326. The van der Waals surface area contributed by atoms with E-state index in [9.17, 15) is 0 Å². The molecule has 2 aliphatic rings. The number of fused-ring (bicyclic) bond motifs is 1. The zero-order valence-corrected chi connectivity index (χ0v) is 8.15. The van der Waals surface area contributed by atoms with E-state index >= 15 is 0 Å². The highest BCUT2D eigenvalue weighted by Gasteiger charge is 2.56. The average Bonchev–Trinajstić information content (AvgIpc) is 2.63. The lowest BCUT2D eigenvalue weighted by atomic mass is 10.1. The molecule has 2 aliphatic carbocycles. The van der Waals surface area contributed by atoms with Gasteiger partial charge in [-0.25, -0.2) is 0 Å². The van der Waals surface area contributed by atoms with Gasteiger partial charge in [0.2, 0.25) is 5.89 Å². The van der Waals surface area contributed by atoms with E-state index in [1.54, 1.807) is 0 Å². The van der Waals surface area contributed by atoms with E-state index in [1.807, 2.05) is 0 Å². The monoisotopic (exact) mass is 193 g/mol. The number of hydrogen-bond acceptors (Lipinski definition) is 4. The van der Waals surface area contributed by atoms with Crippen molar-refractivity contribution in [2.75, 3.05) is 6.54 Å². The molecule has 2 unspecified atom stereocenters. The van der Waals surface area contributed by atoms with Crippen LogP contribution in [0.4, 0.5) is 0 Å². The van der Waals surface area contributed by atoms with E-state index in [1.165, 1.54) is 19.3 Å². The van der Waals surface area contributed by atoms with Gasteiger partial charge in [-0.1, -0.05) is 11.6 Å². The third-order valence-corrected chi connectivity index (χ3v) is 3.54. The van der Waals surface area contributed by atoms with Crippen molar-refractivity contribution in [2.45, 2.75) is 31.6 Å². The lowest BCUT2D eigenvalue weighted by molar-refractivity contribution is 0.363. The van der Waals surface area contributed by atoms with E-state index in [-0.39, 0.29) is 0 Å². The van der Waals surface area contributed by atoms with Crippen LogP contribution in [0.2, 0.25) is 0 Å². The first-order valence-electron chi connectivity index (χ1n) is 5.42. The molecular weight excluding hydrogens is 178 g/mol. The largest absolute Gasteiger partial charge is 0.339 e. The van der Waals surface area contributed by atoms with Crippen LogP contribution in [-0.4, -0.2) is 16.7 Å². The summed E-state index contributed by atoms with van der Waals surface area (Å²) in [4.78, 5) is 4.39. The van der Waals surface area contributed by atoms with Crippen molar-refractivity contribution < 1.29 is 4.52 Å². The SMILES string of the molecule is NCCc1noc(C2C3CCCC32)n1. The third kappa shape index (κ3) is 1.17. The first-order chi connectivity index (χ1) is 6.90. The average molecular weight is 193 g/mol. The first-order valence-corrected chi connectivity index (χ1v) is 5.42. The summed E-state index contributed by atoms with van der Waals surface area (Å²) in [5.74, 6) is 3.92. The highest BCUT2D eigenvalue weighted by atomic mass is 16.5. The van der Waals surface area contributed by atoms with E-state index in [0.717, 1.165) is 30.0 Å². The predicted molar refractivity (Wildman–Crippen MR) is 50.6 cm³/mol. The minimum Gasteiger partial charge on any atom is -0.339 e. The summed E-state index contributed by atoms with van der Waals surface area (Å²) in [5.41, 5.74) is 5.43. The second kappa shape index (κ2) is 3.05. The number of nitrogens with two attached hydrogens (primary N) is 1. The van der Waals surface area contributed by atoms with Gasteiger partial charge in [0.15, 0.2) is 5.82 Å². The van der Waals surface area contributed by atoms with Crippen LogP contribution in [0.3, 0.4) is 0 Å². The van der Waals surface area contributed by atoms with Crippen molar-refractivity contribution in [1.29, 1.82) is 0 Å². The summed E-state index contributed by atoms with van der Waals surface area (Å²) in [6.07, 6.45) is 4.81. The van der Waals surface area contributed by atoms with Crippen molar-refractivity contribution in [3.8, 4) is 0 Å². The maximum absolute atomic E-state index is 5.43. The smallest absolute Gasteiger partial charge is 0.230 e. The Morgan fingerprint density at radius 1 is 1.36 bits per heavy atom. The van der Waals surface area contributed by atoms with Gasteiger partial charge in [-0.05, 0) is 31.2 Å². The molecule has 1 aromatic rings. The fourth-order valence-electron chi connectivity index (χ4n) is 2.82. The predicted octanol–water partition coefficient (Wildman–Crippen LogP) is 1.08. The molecule has 4 nitrogen and oxygen atoms in total. The summed E-state index contributed by atoms with van der Waals surface area (Å²) in [5, 5.41) is 3.93. The van der Waals surface area contributed by atoms with Crippen molar-refractivity contribution >= 4 is 0 Å². The van der Waals surface area contributed by atoms with Crippen LogP contribution in [0.5, 0.6) is 0 Å². The molecule has 0 spiro atoms. The van der Waals surface area contributed by atoms with E-state index in [2.05, 4.69) is 10.1 Å². The van der Waals surface area contributed by atoms with Gasteiger partial charge in [0.05, 0.1) is 0 Å². The summed E-state index contributed by atoms with van der Waals surface area (Å²) < 4.78 is 5.26. The van der Waals surface area contributed by atoms with Crippen molar-refractivity contribution in [3.05, 3.63) is 11.7 Å². The van der Waals surface area contributed by atoms with Crippen LogP contribution >= 0.6 is 0 Å². The molecule has 0 aliphatic heterocycles. The lowest BCUT2D eigenvalue weighted by Crippen LogP contribution is -2.04. The van der Waals surface area contributed by atoms with Crippen LogP contribution in [0.25, 0.3) is 0 Å². The van der Waals surface area contributed by atoms with Gasteiger partial charge < -0.3 is 10.3 Å². The molecule has 14 heavy (non-hydrogen) atoms. The zero-order valence-electron chi connectivity index (χ0n) is 8.15. The van der Waals surface area contributed by atoms with Crippen molar-refractivity contribution in [3.63, 3.8) is 0 Å². The van der Waals surface area contributed by atoms with Crippen LogP contribution in [0.1, 0.15) is 36.9 Å². The molecule has 2 saturated carbocycles. The Labute approximate surface area is 82.9 Å². The van der Waals surface area contributed by atoms with Gasteiger partial charge in [-0.15, -0.1) is 0 Å². The van der Waals surface area contributed by atoms with Gasteiger partial charge in [0, 0.05) is 12.3 Å². The Kier molecular flexibility index (Phi) is 1.83. The molecule has 2 fully saturated rings. The molecule has 0 aromatic carbocycles. The Balaban J connectivity index is 1.72. The first kappa shape index (κ1) is 8.41.